The number of aryl methyl sites for hydroxylation is 1. The van der Waals surface area contributed by atoms with Gasteiger partial charge >= 0.3 is 17.2 Å². The number of benzene rings is 1. The number of hydrogen-bond acceptors (Lipinski definition) is 5. The van der Waals surface area contributed by atoms with Gasteiger partial charge in [-0.25, -0.2) is 9.36 Å². The third-order valence-electron chi connectivity index (χ3n) is 5.28. The molecule has 0 aliphatic carbocycles. The van der Waals surface area contributed by atoms with Crippen molar-refractivity contribution in [1.29, 1.82) is 0 Å². The van der Waals surface area contributed by atoms with Crippen LogP contribution in [0, 0.1) is 0 Å². The van der Waals surface area contributed by atoms with Crippen LogP contribution in [-0.2, 0) is 6.54 Å². The average Bonchev–Trinajstić information content (AvgIpc) is 3.21. The van der Waals surface area contributed by atoms with Crippen molar-refractivity contribution in [2.75, 3.05) is 18.0 Å². The van der Waals surface area contributed by atoms with Crippen molar-refractivity contribution in [3.8, 4) is 0 Å². The average molecular weight is 417 g/mol. The fourth-order valence-electron chi connectivity index (χ4n) is 3.60. The molecule has 0 atom stereocenters. The van der Waals surface area contributed by atoms with Gasteiger partial charge in [0.05, 0.1) is 18.3 Å². The lowest BCUT2D eigenvalue weighted by Crippen LogP contribution is -2.32. The van der Waals surface area contributed by atoms with Gasteiger partial charge in [0.25, 0.3) is 0 Å². The van der Waals surface area contributed by atoms with E-state index in [0.717, 1.165) is 41.9 Å². The van der Waals surface area contributed by atoms with E-state index in [-0.39, 0.29) is 5.63 Å². The molecule has 0 amide bonds. The summed E-state index contributed by atoms with van der Waals surface area (Å²) in [6.45, 7) is 8.89. The van der Waals surface area contributed by atoms with E-state index in [9.17, 15) is 4.79 Å². The molecule has 0 aliphatic rings. The van der Waals surface area contributed by atoms with Crippen molar-refractivity contribution in [1.82, 2.24) is 4.98 Å². The van der Waals surface area contributed by atoms with Gasteiger partial charge in [-0.3, -0.25) is 0 Å². The first-order valence-corrected chi connectivity index (χ1v) is 10.6. The number of allylic oxidation sites excluding steroid dienone is 2. The number of aromatic nitrogens is 2. The lowest BCUT2D eigenvalue weighted by Gasteiger charge is -2.20. The molecule has 0 aliphatic heterocycles. The minimum Gasteiger partial charge on any atom is -0.422 e. The first-order chi connectivity index (χ1) is 15.1. The summed E-state index contributed by atoms with van der Waals surface area (Å²) in [5.74, 6) is 0.516. The molecule has 4 rings (SSSR count). The van der Waals surface area contributed by atoms with E-state index in [1.807, 2.05) is 41.1 Å². The molecule has 0 spiro atoms. The number of rotatable bonds is 7. The van der Waals surface area contributed by atoms with Gasteiger partial charge in [0, 0.05) is 41.3 Å². The monoisotopic (exact) mass is 416 g/mol. The molecule has 0 saturated carbocycles. The summed E-state index contributed by atoms with van der Waals surface area (Å²) in [6.07, 6.45) is 9.06. The summed E-state index contributed by atoms with van der Waals surface area (Å²) >= 11 is 0. The van der Waals surface area contributed by atoms with Crippen LogP contribution in [0.25, 0.3) is 34.4 Å². The zero-order valence-corrected chi connectivity index (χ0v) is 18.0. The number of nitrogens with zero attached hydrogens (tertiary/aromatic N) is 3. The van der Waals surface area contributed by atoms with Gasteiger partial charge in [0.2, 0.25) is 5.58 Å². The molecule has 6 nitrogen and oxygen atoms in total. The summed E-state index contributed by atoms with van der Waals surface area (Å²) in [5, 5.41) is 0.891. The third-order valence-corrected chi connectivity index (χ3v) is 5.28. The van der Waals surface area contributed by atoms with Crippen LogP contribution >= 0.6 is 0 Å². The Morgan fingerprint density at radius 3 is 2.58 bits per heavy atom. The van der Waals surface area contributed by atoms with Gasteiger partial charge < -0.3 is 13.7 Å². The second-order valence-electron chi connectivity index (χ2n) is 7.14. The minimum absolute atomic E-state index is 0.361. The minimum atomic E-state index is -0.361. The first-order valence-electron chi connectivity index (χ1n) is 10.6. The Morgan fingerprint density at radius 1 is 1.00 bits per heavy atom. The van der Waals surface area contributed by atoms with E-state index >= 15 is 0 Å². The lowest BCUT2D eigenvalue weighted by molar-refractivity contribution is -0.669. The van der Waals surface area contributed by atoms with Gasteiger partial charge in [-0.2, -0.15) is 0 Å². The molecule has 3 aromatic heterocycles. The van der Waals surface area contributed by atoms with Crippen molar-refractivity contribution in [2.45, 2.75) is 27.3 Å². The second kappa shape index (κ2) is 9.00. The lowest BCUT2D eigenvalue weighted by atomic mass is 10.1. The molecule has 0 N–H and O–H groups in total. The highest BCUT2D eigenvalue weighted by Gasteiger charge is 2.15. The summed E-state index contributed by atoms with van der Waals surface area (Å²) in [4.78, 5) is 19.1. The number of oxazole rings is 1. The van der Waals surface area contributed by atoms with Crippen molar-refractivity contribution in [3.63, 3.8) is 0 Å². The van der Waals surface area contributed by atoms with E-state index in [1.54, 1.807) is 24.3 Å². The molecule has 0 bridgehead atoms. The molecule has 4 aromatic rings. The molecule has 31 heavy (non-hydrogen) atoms. The van der Waals surface area contributed by atoms with Crippen molar-refractivity contribution in [2.24, 2.45) is 0 Å². The van der Waals surface area contributed by atoms with Crippen LogP contribution in [0.1, 0.15) is 32.2 Å². The van der Waals surface area contributed by atoms with Crippen LogP contribution in [0.4, 0.5) is 5.69 Å². The highest BCUT2D eigenvalue weighted by Crippen LogP contribution is 2.22. The first kappa shape index (κ1) is 20.6. The normalized spacial score (nSPS) is 12.0. The Kier molecular flexibility index (Phi) is 5.98. The largest absolute Gasteiger partial charge is 0.422 e. The van der Waals surface area contributed by atoms with Crippen LogP contribution < -0.4 is 15.1 Å². The fraction of sp³-hybridized carbons (Fsp3) is 0.240. The van der Waals surface area contributed by atoms with Crippen LogP contribution in [0.2, 0.25) is 0 Å². The number of hydrogen-bond donors (Lipinski definition) is 0. The summed E-state index contributed by atoms with van der Waals surface area (Å²) in [5.41, 5.74) is 3.33. The third kappa shape index (κ3) is 4.28. The zero-order valence-electron chi connectivity index (χ0n) is 18.0. The van der Waals surface area contributed by atoms with E-state index in [4.69, 9.17) is 8.83 Å². The van der Waals surface area contributed by atoms with E-state index in [2.05, 4.69) is 36.7 Å². The predicted molar refractivity (Wildman–Crippen MR) is 124 cm³/mol. The molecule has 1 aromatic carbocycles. The van der Waals surface area contributed by atoms with Gasteiger partial charge in [-0.1, -0.05) is 12.2 Å². The number of pyridine rings is 1. The summed E-state index contributed by atoms with van der Waals surface area (Å²) in [6, 6.07) is 11.6. The van der Waals surface area contributed by atoms with Crippen molar-refractivity contribution < 1.29 is 13.4 Å². The number of anilines is 1. The van der Waals surface area contributed by atoms with Crippen LogP contribution in [0.3, 0.4) is 0 Å². The van der Waals surface area contributed by atoms with Gasteiger partial charge in [-0.05, 0) is 57.2 Å². The quantitative estimate of drug-likeness (QED) is 0.246. The Hall–Kier alpha value is -3.67. The fourth-order valence-corrected chi connectivity index (χ4v) is 3.60. The molecule has 158 valence electrons. The standard InChI is InChI=1S/C25H26N3O3/c1-4-27(5-2)20-14-13-18-16-19(25(29)31-22(18)17-20)10-7-8-12-23-26-24-21(30-23)11-9-15-28(24)6-3/h7-17H,4-6H2,1-3H3/q+1. The molecule has 3 heterocycles. The van der Waals surface area contributed by atoms with Crippen LogP contribution in [0.5, 0.6) is 0 Å². The molecular weight excluding hydrogens is 390 g/mol. The van der Waals surface area contributed by atoms with Gasteiger partial charge in [0.1, 0.15) is 5.58 Å². The predicted octanol–water partition coefficient (Wildman–Crippen LogP) is 4.81. The Morgan fingerprint density at radius 2 is 1.81 bits per heavy atom. The Bertz CT molecular complexity index is 1330. The molecule has 6 heteroatoms. The molecule has 0 fully saturated rings. The SMILES string of the molecule is CCN(CC)c1ccc2cc(/C=C/C=C/c3nc4c(ccc[n+]4CC)o3)c(=O)oc2c1. The maximum absolute atomic E-state index is 12.4. The van der Waals surface area contributed by atoms with Crippen molar-refractivity contribution >= 4 is 40.0 Å². The Labute approximate surface area is 180 Å². The topological polar surface area (TPSA) is 63.4 Å². The van der Waals surface area contributed by atoms with E-state index in [0.29, 0.717) is 17.0 Å². The summed E-state index contributed by atoms with van der Waals surface area (Å²) < 4.78 is 13.3. The Balaban J connectivity index is 1.56. The van der Waals surface area contributed by atoms with Crippen molar-refractivity contribution in [3.05, 3.63) is 76.6 Å². The molecule has 0 radical (unpaired) electrons. The molecule has 0 unspecified atom stereocenters. The smallest absolute Gasteiger partial charge is 0.370 e. The maximum Gasteiger partial charge on any atom is 0.370 e. The maximum atomic E-state index is 12.4. The van der Waals surface area contributed by atoms with Crippen LogP contribution in [-0.4, -0.2) is 18.1 Å². The second-order valence-corrected chi connectivity index (χ2v) is 7.14. The highest BCUT2D eigenvalue weighted by atomic mass is 16.4. The van der Waals surface area contributed by atoms with Gasteiger partial charge in [0.15, 0.2) is 0 Å². The molecular formula is C25H26N3O3+. The number of fused-ring (bicyclic) bond motifs is 2. The van der Waals surface area contributed by atoms with E-state index in [1.165, 1.54) is 0 Å². The van der Waals surface area contributed by atoms with Gasteiger partial charge in [-0.15, -0.1) is 0 Å². The van der Waals surface area contributed by atoms with Crippen LogP contribution in [0.15, 0.2) is 68.4 Å². The molecule has 0 saturated heterocycles. The van der Waals surface area contributed by atoms with E-state index < -0.39 is 0 Å². The highest BCUT2D eigenvalue weighted by molar-refractivity contribution is 5.82. The zero-order chi connectivity index (χ0) is 21.8. The summed E-state index contributed by atoms with van der Waals surface area (Å²) in [7, 11) is 0.